The van der Waals surface area contributed by atoms with Gasteiger partial charge in [0.2, 0.25) is 5.67 Å². The van der Waals surface area contributed by atoms with Gasteiger partial charge in [0.15, 0.2) is 6.23 Å². The van der Waals surface area contributed by atoms with E-state index >= 15 is 0 Å². The van der Waals surface area contributed by atoms with Crippen LogP contribution < -0.4 is 10.6 Å². The van der Waals surface area contributed by atoms with E-state index in [4.69, 9.17) is 4.74 Å². The zero-order valence-corrected chi connectivity index (χ0v) is 7.39. The number of hydrogen-bond donors (Lipinski definition) is 2. The highest BCUT2D eigenvalue weighted by molar-refractivity contribution is 6.01. The van der Waals surface area contributed by atoms with Crippen molar-refractivity contribution in [3.8, 4) is 0 Å². The van der Waals surface area contributed by atoms with Gasteiger partial charge in [0.25, 0.3) is 5.91 Å². The summed E-state index contributed by atoms with van der Waals surface area (Å²) in [6, 6.07) is -0.737. The van der Waals surface area contributed by atoms with Gasteiger partial charge in [0.1, 0.15) is 0 Å². The molecular formula is C7H11FN2O3. The lowest BCUT2D eigenvalue weighted by atomic mass is 10.0. The first-order valence-corrected chi connectivity index (χ1v) is 3.91. The van der Waals surface area contributed by atoms with Crippen LogP contribution in [0.4, 0.5) is 9.18 Å². The fourth-order valence-corrected chi connectivity index (χ4v) is 1.000. The smallest absolute Gasteiger partial charge is 0.323 e. The van der Waals surface area contributed by atoms with Crippen molar-refractivity contribution in [2.45, 2.75) is 25.7 Å². The van der Waals surface area contributed by atoms with Gasteiger partial charge in [-0.1, -0.05) is 0 Å². The molecule has 0 aromatic heterocycles. The molecule has 5 nitrogen and oxygen atoms in total. The fourth-order valence-electron chi connectivity index (χ4n) is 1.000. The number of carbonyl (C=O) groups excluding carboxylic acids is 2. The van der Waals surface area contributed by atoms with Gasteiger partial charge in [0, 0.05) is 6.61 Å². The number of halogens is 1. The SMILES string of the molecule is CCO[C@H]1NC(=O)NC(=O)[C@@]1(C)F. The van der Waals surface area contributed by atoms with Crippen LogP contribution in [0.2, 0.25) is 0 Å². The van der Waals surface area contributed by atoms with Gasteiger partial charge in [-0.2, -0.15) is 0 Å². The topological polar surface area (TPSA) is 67.4 Å². The summed E-state index contributed by atoms with van der Waals surface area (Å²) < 4.78 is 18.4. The maximum atomic E-state index is 13.5. The van der Waals surface area contributed by atoms with Gasteiger partial charge in [0.05, 0.1) is 0 Å². The average molecular weight is 190 g/mol. The van der Waals surface area contributed by atoms with E-state index in [1.54, 1.807) is 6.92 Å². The molecule has 0 aromatic rings. The summed E-state index contributed by atoms with van der Waals surface area (Å²) in [5.41, 5.74) is -2.22. The van der Waals surface area contributed by atoms with Crippen LogP contribution in [0.1, 0.15) is 13.8 Å². The minimum atomic E-state index is -2.22. The molecule has 1 aliphatic heterocycles. The number of carbonyl (C=O) groups is 2. The minimum Gasteiger partial charge on any atom is -0.355 e. The summed E-state index contributed by atoms with van der Waals surface area (Å²) in [6.07, 6.45) is -1.21. The molecule has 0 spiro atoms. The maximum absolute atomic E-state index is 13.5. The Balaban J connectivity index is 2.78. The molecule has 0 saturated carbocycles. The van der Waals surface area contributed by atoms with E-state index in [-0.39, 0.29) is 6.61 Å². The number of rotatable bonds is 2. The van der Waals surface area contributed by atoms with E-state index in [1.807, 2.05) is 5.32 Å². The molecule has 6 heteroatoms. The summed E-state index contributed by atoms with van der Waals surface area (Å²) in [5, 5.41) is 3.98. The van der Waals surface area contributed by atoms with E-state index in [9.17, 15) is 14.0 Å². The Morgan fingerprint density at radius 2 is 2.23 bits per heavy atom. The first-order valence-electron chi connectivity index (χ1n) is 3.91. The number of imide groups is 1. The Labute approximate surface area is 74.6 Å². The van der Waals surface area contributed by atoms with Crippen LogP contribution in [-0.4, -0.2) is 30.4 Å². The van der Waals surface area contributed by atoms with Gasteiger partial charge in [-0.25, -0.2) is 9.18 Å². The lowest BCUT2D eigenvalue weighted by Crippen LogP contribution is -2.66. The molecule has 1 rings (SSSR count). The predicted molar refractivity (Wildman–Crippen MR) is 41.6 cm³/mol. The summed E-state index contributed by atoms with van der Waals surface area (Å²) in [6.45, 7) is 2.93. The Hall–Kier alpha value is -1.17. The van der Waals surface area contributed by atoms with Crippen LogP contribution in [0.25, 0.3) is 0 Å². The van der Waals surface area contributed by atoms with E-state index in [0.29, 0.717) is 0 Å². The van der Waals surface area contributed by atoms with Crippen molar-refractivity contribution in [1.29, 1.82) is 0 Å². The number of alkyl halides is 1. The van der Waals surface area contributed by atoms with Gasteiger partial charge in [-0.05, 0) is 13.8 Å². The van der Waals surface area contributed by atoms with Gasteiger partial charge in [-0.15, -0.1) is 0 Å². The zero-order valence-electron chi connectivity index (χ0n) is 7.39. The van der Waals surface area contributed by atoms with Crippen LogP contribution in [0.3, 0.4) is 0 Å². The first kappa shape index (κ1) is 9.91. The van der Waals surface area contributed by atoms with E-state index < -0.39 is 23.8 Å². The Kier molecular flexibility index (Phi) is 2.51. The second-order valence-corrected chi connectivity index (χ2v) is 2.84. The van der Waals surface area contributed by atoms with Gasteiger partial charge >= 0.3 is 6.03 Å². The largest absolute Gasteiger partial charge is 0.355 e. The van der Waals surface area contributed by atoms with Crippen molar-refractivity contribution in [3.63, 3.8) is 0 Å². The highest BCUT2D eigenvalue weighted by atomic mass is 19.1. The van der Waals surface area contributed by atoms with E-state index in [1.165, 1.54) is 0 Å². The van der Waals surface area contributed by atoms with Crippen LogP contribution >= 0.6 is 0 Å². The predicted octanol–water partition coefficient (Wildman–Crippen LogP) is -0.0834. The molecule has 0 aromatic carbocycles. The molecule has 0 aliphatic carbocycles. The third-order valence-corrected chi connectivity index (χ3v) is 1.76. The number of urea groups is 1. The molecule has 2 N–H and O–H groups in total. The molecule has 1 aliphatic rings. The average Bonchev–Trinajstić information content (AvgIpc) is 2.01. The third kappa shape index (κ3) is 1.77. The van der Waals surface area contributed by atoms with Crippen LogP contribution in [-0.2, 0) is 9.53 Å². The third-order valence-electron chi connectivity index (χ3n) is 1.76. The molecule has 0 unspecified atom stereocenters. The van der Waals surface area contributed by atoms with Crippen molar-refractivity contribution < 1.29 is 18.7 Å². The molecule has 2 atom stereocenters. The van der Waals surface area contributed by atoms with E-state index in [0.717, 1.165) is 6.92 Å². The van der Waals surface area contributed by atoms with Gasteiger partial charge < -0.3 is 10.1 Å². The second kappa shape index (κ2) is 3.29. The number of hydrogen-bond acceptors (Lipinski definition) is 3. The van der Waals surface area contributed by atoms with E-state index in [2.05, 4.69) is 5.32 Å². The van der Waals surface area contributed by atoms with Crippen LogP contribution in [0.5, 0.6) is 0 Å². The molecule has 3 amide bonds. The molecular weight excluding hydrogens is 179 g/mol. The highest BCUT2D eigenvalue weighted by Gasteiger charge is 2.48. The van der Waals surface area contributed by atoms with Crippen molar-refractivity contribution in [2.24, 2.45) is 0 Å². The molecule has 1 heterocycles. The number of ether oxygens (including phenoxy) is 1. The van der Waals surface area contributed by atoms with Gasteiger partial charge in [-0.3, -0.25) is 10.1 Å². The Morgan fingerprint density at radius 3 is 2.77 bits per heavy atom. The quantitative estimate of drug-likeness (QED) is 0.639. The Bertz CT molecular complexity index is 242. The van der Waals surface area contributed by atoms with Crippen molar-refractivity contribution >= 4 is 11.9 Å². The monoisotopic (exact) mass is 190 g/mol. The standard InChI is InChI=1S/C7H11FN2O3/c1-3-13-5-7(2,8)4(11)9-6(12)10-5/h5H,3H2,1-2H3,(H2,9,10,11,12)/t5-,7-/m1/s1. The summed E-state index contributed by atoms with van der Waals surface area (Å²) in [4.78, 5) is 21.7. The molecule has 74 valence electrons. The van der Waals surface area contributed by atoms with Crippen LogP contribution in [0.15, 0.2) is 0 Å². The zero-order chi connectivity index (χ0) is 10.1. The molecule has 13 heavy (non-hydrogen) atoms. The molecule has 0 bridgehead atoms. The molecule has 0 radical (unpaired) electrons. The summed E-state index contributed by atoms with van der Waals surface area (Å²) >= 11 is 0. The van der Waals surface area contributed by atoms with Crippen molar-refractivity contribution in [3.05, 3.63) is 0 Å². The molecule has 1 saturated heterocycles. The fraction of sp³-hybridized carbons (Fsp3) is 0.714. The molecule has 1 fully saturated rings. The summed E-state index contributed by atoms with van der Waals surface area (Å²) in [7, 11) is 0. The Morgan fingerprint density at radius 1 is 1.62 bits per heavy atom. The lowest BCUT2D eigenvalue weighted by Gasteiger charge is -2.33. The number of amides is 3. The summed E-state index contributed by atoms with van der Waals surface area (Å²) in [5.74, 6) is -0.977. The minimum absolute atomic E-state index is 0.220. The van der Waals surface area contributed by atoms with Crippen LogP contribution in [0, 0.1) is 0 Å². The second-order valence-electron chi connectivity index (χ2n) is 2.84. The van der Waals surface area contributed by atoms with Crippen molar-refractivity contribution in [1.82, 2.24) is 10.6 Å². The lowest BCUT2D eigenvalue weighted by molar-refractivity contribution is -0.146. The maximum Gasteiger partial charge on any atom is 0.323 e. The highest BCUT2D eigenvalue weighted by Crippen LogP contribution is 2.19. The number of nitrogens with one attached hydrogen (secondary N) is 2. The normalized spacial score (nSPS) is 33.9. The van der Waals surface area contributed by atoms with Crippen molar-refractivity contribution in [2.75, 3.05) is 6.61 Å². The first-order chi connectivity index (χ1) is 5.98.